The first-order valence-corrected chi connectivity index (χ1v) is 12.6. The average molecular weight is 472 g/mol. The Morgan fingerprint density at radius 3 is 2.56 bits per heavy atom. The van der Waals surface area contributed by atoms with E-state index in [9.17, 15) is 14.4 Å². The van der Waals surface area contributed by atoms with Crippen molar-refractivity contribution in [3.8, 4) is 0 Å². The second kappa shape index (κ2) is 10.3. The van der Waals surface area contributed by atoms with Crippen LogP contribution in [0.2, 0.25) is 0 Å². The van der Waals surface area contributed by atoms with Crippen LogP contribution >= 0.6 is 0 Å². The lowest BCUT2D eigenvalue weighted by Crippen LogP contribution is -2.57. The number of nitrogens with zero attached hydrogens (tertiary/aromatic N) is 3. The Kier molecular flexibility index (Phi) is 7.40. The number of hydrogen-bond acceptors (Lipinski definition) is 5. The summed E-state index contributed by atoms with van der Waals surface area (Å²) in [6.07, 6.45) is 8.75. The van der Waals surface area contributed by atoms with Crippen molar-refractivity contribution in [1.29, 1.82) is 0 Å². The summed E-state index contributed by atoms with van der Waals surface area (Å²) >= 11 is 0. The number of aromatic nitrogens is 1. The molecule has 2 bridgehead atoms. The van der Waals surface area contributed by atoms with E-state index in [0.717, 1.165) is 25.0 Å². The Bertz CT molecular complexity index is 877. The third-order valence-electron chi connectivity index (χ3n) is 8.03. The molecule has 1 saturated heterocycles. The average Bonchev–Trinajstić information content (AvgIpc) is 3.05. The molecule has 5 amide bonds. The van der Waals surface area contributed by atoms with Crippen molar-refractivity contribution in [2.45, 2.75) is 83.3 Å². The fourth-order valence-corrected chi connectivity index (χ4v) is 6.75. The van der Waals surface area contributed by atoms with Crippen LogP contribution in [-0.4, -0.2) is 56.1 Å². The van der Waals surface area contributed by atoms with Gasteiger partial charge in [0.2, 0.25) is 0 Å². The molecule has 0 spiro atoms. The van der Waals surface area contributed by atoms with Crippen molar-refractivity contribution in [2.75, 3.05) is 6.54 Å². The number of carbonyl (C=O) groups excluding carboxylic acids is 3. The highest BCUT2D eigenvalue weighted by atomic mass is 16.5. The van der Waals surface area contributed by atoms with Crippen LogP contribution in [0.1, 0.15) is 70.9 Å². The number of rotatable bonds is 8. The summed E-state index contributed by atoms with van der Waals surface area (Å²) in [4.78, 5) is 46.6. The van der Waals surface area contributed by atoms with Gasteiger partial charge in [0.25, 0.3) is 5.91 Å². The monoisotopic (exact) mass is 471 g/mol. The van der Waals surface area contributed by atoms with Gasteiger partial charge in [-0.05, 0) is 81.3 Å². The van der Waals surface area contributed by atoms with Crippen LogP contribution in [0.15, 0.2) is 24.4 Å². The third-order valence-corrected chi connectivity index (χ3v) is 8.03. The summed E-state index contributed by atoms with van der Waals surface area (Å²) in [5.74, 6) is 1.71. The van der Waals surface area contributed by atoms with E-state index >= 15 is 0 Å². The highest BCUT2D eigenvalue weighted by molar-refractivity contribution is 6.05. The normalized spacial score (nSPS) is 31.0. The van der Waals surface area contributed by atoms with E-state index in [0.29, 0.717) is 37.1 Å². The number of nitrogens with one attached hydrogen (secondary N) is 2. The molecule has 9 heteroatoms. The van der Waals surface area contributed by atoms with Crippen LogP contribution < -0.4 is 10.8 Å². The van der Waals surface area contributed by atoms with E-state index in [-0.39, 0.29) is 18.5 Å². The molecule has 186 valence electrons. The number of imide groups is 1. The zero-order valence-corrected chi connectivity index (χ0v) is 20.2. The third kappa shape index (κ3) is 4.89. The molecular weight excluding hydrogens is 434 g/mol. The second-order valence-electron chi connectivity index (χ2n) is 10.5. The van der Waals surface area contributed by atoms with Gasteiger partial charge in [0.1, 0.15) is 6.04 Å². The van der Waals surface area contributed by atoms with Crippen molar-refractivity contribution in [1.82, 2.24) is 25.6 Å². The van der Waals surface area contributed by atoms with Crippen LogP contribution in [0.4, 0.5) is 9.59 Å². The van der Waals surface area contributed by atoms with Crippen molar-refractivity contribution in [3.63, 3.8) is 0 Å². The molecular formula is C25H37N5O4. The molecule has 2 saturated carbocycles. The number of fused-ring (bicyclic) bond motifs is 2. The van der Waals surface area contributed by atoms with Crippen molar-refractivity contribution in [3.05, 3.63) is 30.1 Å². The Labute approximate surface area is 201 Å². The second-order valence-corrected chi connectivity index (χ2v) is 10.5. The Morgan fingerprint density at radius 2 is 1.94 bits per heavy atom. The Morgan fingerprint density at radius 1 is 1.21 bits per heavy atom. The fraction of sp³-hybridized carbons (Fsp3) is 0.680. The molecule has 3 fully saturated rings. The lowest BCUT2D eigenvalue weighted by molar-refractivity contribution is -0.135. The molecule has 3 aliphatic rings. The molecule has 9 nitrogen and oxygen atoms in total. The number of hydrogen-bond donors (Lipinski definition) is 3. The summed E-state index contributed by atoms with van der Waals surface area (Å²) in [7, 11) is 0. The van der Waals surface area contributed by atoms with E-state index in [1.807, 2.05) is 18.2 Å². The van der Waals surface area contributed by atoms with Gasteiger partial charge in [-0.3, -0.25) is 19.9 Å². The van der Waals surface area contributed by atoms with Gasteiger partial charge in [0.15, 0.2) is 0 Å². The van der Waals surface area contributed by atoms with Crippen LogP contribution in [-0.2, 0) is 11.3 Å². The summed E-state index contributed by atoms with van der Waals surface area (Å²) in [6, 6.07) is 4.09. The van der Waals surface area contributed by atoms with E-state index in [1.54, 1.807) is 16.0 Å². The first-order valence-electron chi connectivity index (χ1n) is 12.6. The minimum absolute atomic E-state index is 0.123. The minimum Gasteiger partial charge on any atom is -0.336 e. The maximum absolute atomic E-state index is 13.9. The molecule has 3 unspecified atom stereocenters. The molecule has 4 rings (SSSR count). The van der Waals surface area contributed by atoms with Gasteiger partial charge in [-0.1, -0.05) is 19.9 Å². The number of hydroxylamine groups is 1. The van der Waals surface area contributed by atoms with E-state index in [4.69, 9.17) is 5.21 Å². The summed E-state index contributed by atoms with van der Waals surface area (Å²) in [5.41, 5.74) is 1.86. The Hall–Kier alpha value is -2.68. The molecule has 34 heavy (non-hydrogen) atoms. The quantitative estimate of drug-likeness (QED) is 0.232. The maximum atomic E-state index is 13.9. The largest absolute Gasteiger partial charge is 0.338 e. The zero-order valence-electron chi connectivity index (χ0n) is 20.2. The highest BCUT2D eigenvalue weighted by Crippen LogP contribution is 2.51. The maximum Gasteiger partial charge on any atom is 0.338 e. The van der Waals surface area contributed by atoms with E-state index in [2.05, 4.69) is 24.1 Å². The number of urea groups is 2. The van der Waals surface area contributed by atoms with Crippen molar-refractivity contribution in [2.24, 2.45) is 17.8 Å². The number of carbonyl (C=O) groups is 3. The van der Waals surface area contributed by atoms with Crippen LogP contribution in [0.5, 0.6) is 0 Å². The smallest absolute Gasteiger partial charge is 0.336 e. The van der Waals surface area contributed by atoms with Gasteiger partial charge in [-0.2, -0.15) is 0 Å². The molecule has 3 N–H and O–H groups in total. The molecule has 0 aromatic carbocycles. The topological polar surface area (TPSA) is 115 Å². The summed E-state index contributed by atoms with van der Waals surface area (Å²) in [5, 5.41) is 11.2. The molecule has 1 aromatic rings. The fourth-order valence-electron chi connectivity index (χ4n) is 6.75. The molecule has 1 aromatic heterocycles. The molecule has 3 atom stereocenters. The zero-order chi connectivity index (χ0) is 24.3. The van der Waals surface area contributed by atoms with Crippen molar-refractivity contribution < 1.29 is 19.6 Å². The van der Waals surface area contributed by atoms with Crippen LogP contribution in [0.25, 0.3) is 0 Å². The first-order chi connectivity index (χ1) is 16.4. The number of amides is 5. The van der Waals surface area contributed by atoms with Crippen LogP contribution in [0.3, 0.4) is 0 Å². The lowest BCUT2D eigenvalue weighted by atomic mass is 9.61. The number of pyridine rings is 1. The summed E-state index contributed by atoms with van der Waals surface area (Å²) < 4.78 is 0. The van der Waals surface area contributed by atoms with Gasteiger partial charge < -0.3 is 10.2 Å². The van der Waals surface area contributed by atoms with Gasteiger partial charge in [0.05, 0.1) is 17.8 Å². The molecule has 0 radical (unpaired) electrons. The van der Waals surface area contributed by atoms with E-state index in [1.165, 1.54) is 24.7 Å². The van der Waals surface area contributed by atoms with Gasteiger partial charge in [-0.25, -0.2) is 15.1 Å². The van der Waals surface area contributed by atoms with E-state index < -0.39 is 17.6 Å². The van der Waals surface area contributed by atoms with Crippen LogP contribution in [0, 0.1) is 17.8 Å². The molecule has 2 aliphatic carbocycles. The Balaban J connectivity index is 1.56. The molecule has 1 aliphatic heterocycles. The minimum atomic E-state index is -0.686. The van der Waals surface area contributed by atoms with Crippen molar-refractivity contribution >= 4 is 18.0 Å². The van der Waals surface area contributed by atoms with Gasteiger partial charge >= 0.3 is 12.1 Å². The summed E-state index contributed by atoms with van der Waals surface area (Å²) in [6.45, 7) is 5.00. The standard InChI is InChI=1S/C25H37N5O4/c1-3-25(14-18-11-17(2)12-19(13-18)15-25)30-22(31)21(8-6-10-27-23(32)28-34)29(24(30)33)16-20-7-4-5-9-26-20/h4-5,7,9,17-19,21,34H,3,6,8,10-16H2,1-2H3,(H2,27,28,32). The first kappa shape index (κ1) is 24.4. The lowest BCUT2D eigenvalue weighted by Gasteiger charge is -2.51. The predicted octanol–water partition coefficient (Wildman–Crippen LogP) is 3.68. The molecule has 2 heterocycles. The predicted molar refractivity (Wildman–Crippen MR) is 126 cm³/mol. The van der Waals surface area contributed by atoms with Gasteiger partial charge in [0, 0.05) is 12.7 Å². The SMILES string of the molecule is CCC1(N2C(=O)C(CCCNC(=O)NO)N(Cc3ccccn3)C2=O)CC2CC(C)CC(C2)C1. The van der Waals surface area contributed by atoms with Gasteiger partial charge in [-0.15, -0.1) is 0 Å². The highest BCUT2D eigenvalue weighted by Gasteiger charge is 2.56.